The second-order valence-electron chi connectivity index (χ2n) is 5.29. The number of rotatable bonds is 2. The van der Waals surface area contributed by atoms with E-state index in [9.17, 15) is 4.79 Å². The molecule has 1 aromatic carbocycles. The largest absolute Gasteiger partial charge is 0.480 e. The molecular weight excluding hydrogens is 228 g/mol. The van der Waals surface area contributed by atoms with Crippen LogP contribution in [-0.4, -0.2) is 18.6 Å². The number of aryl methyl sites for hydroxylation is 1. The number of nitriles is 1. The Labute approximate surface area is 107 Å². The maximum absolute atomic E-state index is 11.7. The van der Waals surface area contributed by atoms with Crippen LogP contribution in [0.2, 0.25) is 0 Å². The van der Waals surface area contributed by atoms with E-state index in [0.29, 0.717) is 17.9 Å². The predicted molar refractivity (Wildman–Crippen MR) is 67.1 cm³/mol. The van der Waals surface area contributed by atoms with Crippen LogP contribution in [0, 0.1) is 23.7 Å². The number of hydrogen-bond acceptors (Lipinski definition) is 3. The Hall–Kier alpha value is -2.02. The van der Waals surface area contributed by atoms with Crippen LogP contribution in [-0.2, 0) is 4.79 Å². The fourth-order valence-electron chi connectivity index (χ4n) is 2.04. The quantitative estimate of drug-likeness (QED) is 0.862. The van der Waals surface area contributed by atoms with Gasteiger partial charge in [0.15, 0.2) is 6.10 Å². The van der Waals surface area contributed by atoms with Gasteiger partial charge in [-0.25, -0.2) is 0 Å². The van der Waals surface area contributed by atoms with E-state index in [-0.39, 0.29) is 11.3 Å². The maximum atomic E-state index is 11.7. The molecular formula is C14H16N2O2. The minimum Gasteiger partial charge on any atom is -0.480 e. The van der Waals surface area contributed by atoms with E-state index in [1.54, 1.807) is 18.2 Å². The Morgan fingerprint density at radius 1 is 1.50 bits per heavy atom. The molecule has 1 N–H and O–H groups in total. The lowest BCUT2D eigenvalue weighted by atomic mass is 9.89. The molecule has 1 aromatic rings. The zero-order valence-corrected chi connectivity index (χ0v) is 10.8. The van der Waals surface area contributed by atoms with E-state index < -0.39 is 6.10 Å². The number of benzene rings is 1. The highest BCUT2D eigenvalue weighted by atomic mass is 16.5. The number of amides is 1. The Balaban J connectivity index is 2.22. The molecule has 0 aromatic heterocycles. The van der Waals surface area contributed by atoms with E-state index in [2.05, 4.69) is 11.4 Å². The topological polar surface area (TPSA) is 62.1 Å². The molecule has 1 atom stereocenters. The molecule has 1 saturated heterocycles. The number of ether oxygens (including phenoxy) is 1. The third-order valence-corrected chi connectivity index (χ3v) is 3.24. The maximum Gasteiger partial charge on any atom is 0.261 e. The van der Waals surface area contributed by atoms with Gasteiger partial charge in [0, 0.05) is 12.0 Å². The van der Waals surface area contributed by atoms with Gasteiger partial charge in [-0.15, -0.1) is 0 Å². The van der Waals surface area contributed by atoms with Crippen LogP contribution in [0.3, 0.4) is 0 Å². The number of nitrogens with zero attached hydrogens (tertiary/aromatic N) is 1. The van der Waals surface area contributed by atoms with Crippen LogP contribution in [0.25, 0.3) is 0 Å². The minimum absolute atomic E-state index is 0.0815. The molecule has 1 heterocycles. The van der Waals surface area contributed by atoms with Gasteiger partial charge in [0.2, 0.25) is 0 Å². The summed E-state index contributed by atoms with van der Waals surface area (Å²) in [5, 5.41) is 11.7. The third kappa shape index (κ3) is 2.17. The van der Waals surface area contributed by atoms with Crippen LogP contribution in [0.1, 0.15) is 25.0 Å². The summed E-state index contributed by atoms with van der Waals surface area (Å²) >= 11 is 0. The van der Waals surface area contributed by atoms with Crippen molar-refractivity contribution in [2.75, 3.05) is 6.54 Å². The second-order valence-corrected chi connectivity index (χ2v) is 5.29. The van der Waals surface area contributed by atoms with Gasteiger partial charge >= 0.3 is 0 Å². The Morgan fingerprint density at radius 3 is 2.72 bits per heavy atom. The fourth-order valence-corrected chi connectivity index (χ4v) is 2.04. The summed E-state index contributed by atoms with van der Waals surface area (Å²) in [7, 11) is 0. The summed E-state index contributed by atoms with van der Waals surface area (Å²) < 4.78 is 5.76. The van der Waals surface area contributed by atoms with Crippen molar-refractivity contribution in [2.45, 2.75) is 26.9 Å². The van der Waals surface area contributed by atoms with Crippen molar-refractivity contribution in [1.82, 2.24) is 5.32 Å². The first kappa shape index (κ1) is 12.4. The highest BCUT2D eigenvalue weighted by Crippen LogP contribution is 2.29. The number of nitrogens with one attached hydrogen (secondary N) is 1. The smallest absolute Gasteiger partial charge is 0.261 e. The van der Waals surface area contributed by atoms with Gasteiger partial charge < -0.3 is 10.1 Å². The lowest BCUT2D eigenvalue weighted by molar-refractivity contribution is -0.126. The number of carbonyl (C=O) groups excluding carboxylic acids is 1. The Kier molecular flexibility index (Phi) is 3.00. The SMILES string of the molecule is Cc1cc(OC2C(=O)NCC2(C)C)ccc1C#N. The summed E-state index contributed by atoms with van der Waals surface area (Å²) in [6, 6.07) is 7.34. The van der Waals surface area contributed by atoms with Gasteiger partial charge in [-0.1, -0.05) is 13.8 Å². The lowest BCUT2D eigenvalue weighted by Gasteiger charge is -2.24. The summed E-state index contributed by atoms with van der Waals surface area (Å²) in [6.45, 7) is 6.45. The first-order valence-corrected chi connectivity index (χ1v) is 5.89. The van der Waals surface area contributed by atoms with Crippen molar-refractivity contribution in [1.29, 1.82) is 5.26 Å². The second kappa shape index (κ2) is 4.34. The summed E-state index contributed by atoms with van der Waals surface area (Å²) in [5.74, 6) is 0.545. The lowest BCUT2D eigenvalue weighted by Crippen LogP contribution is -2.36. The molecule has 0 radical (unpaired) electrons. The van der Waals surface area contributed by atoms with Gasteiger partial charge in [0.25, 0.3) is 5.91 Å². The molecule has 94 valence electrons. The summed E-state index contributed by atoms with van der Waals surface area (Å²) in [4.78, 5) is 11.7. The zero-order valence-electron chi connectivity index (χ0n) is 10.8. The molecule has 1 unspecified atom stereocenters. The molecule has 1 aliphatic heterocycles. The predicted octanol–water partition coefficient (Wildman–Crippen LogP) is 1.77. The molecule has 18 heavy (non-hydrogen) atoms. The minimum atomic E-state index is -0.482. The molecule has 1 amide bonds. The molecule has 0 bridgehead atoms. The first-order valence-electron chi connectivity index (χ1n) is 5.89. The van der Waals surface area contributed by atoms with Crippen molar-refractivity contribution >= 4 is 5.91 Å². The average Bonchev–Trinajstić information content (AvgIpc) is 2.56. The summed E-state index contributed by atoms with van der Waals surface area (Å²) in [5.41, 5.74) is 1.25. The molecule has 0 spiro atoms. The van der Waals surface area contributed by atoms with Crippen LogP contribution in [0.4, 0.5) is 0 Å². The van der Waals surface area contributed by atoms with Gasteiger partial charge in [0.05, 0.1) is 11.6 Å². The van der Waals surface area contributed by atoms with E-state index in [1.165, 1.54) is 0 Å². The van der Waals surface area contributed by atoms with Crippen LogP contribution in [0.15, 0.2) is 18.2 Å². The van der Waals surface area contributed by atoms with Crippen molar-refractivity contribution in [2.24, 2.45) is 5.41 Å². The van der Waals surface area contributed by atoms with Crippen LogP contribution < -0.4 is 10.1 Å². The van der Waals surface area contributed by atoms with Crippen molar-refractivity contribution in [3.8, 4) is 11.8 Å². The normalized spacial score (nSPS) is 21.2. The molecule has 1 fully saturated rings. The Bertz CT molecular complexity index is 529. The highest BCUT2D eigenvalue weighted by molar-refractivity contribution is 5.84. The number of carbonyl (C=O) groups is 1. The van der Waals surface area contributed by atoms with E-state index in [1.807, 2.05) is 20.8 Å². The van der Waals surface area contributed by atoms with Crippen LogP contribution in [0.5, 0.6) is 5.75 Å². The van der Waals surface area contributed by atoms with Gasteiger partial charge in [0.1, 0.15) is 5.75 Å². The zero-order chi connectivity index (χ0) is 13.3. The van der Waals surface area contributed by atoms with E-state index in [4.69, 9.17) is 10.00 Å². The number of hydrogen-bond donors (Lipinski definition) is 1. The fraction of sp³-hybridized carbons (Fsp3) is 0.429. The van der Waals surface area contributed by atoms with E-state index >= 15 is 0 Å². The van der Waals surface area contributed by atoms with Crippen molar-refractivity contribution < 1.29 is 9.53 Å². The van der Waals surface area contributed by atoms with E-state index in [0.717, 1.165) is 5.56 Å². The monoisotopic (exact) mass is 244 g/mol. The third-order valence-electron chi connectivity index (χ3n) is 3.24. The standard InChI is InChI=1S/C14H16N2O2/c1-9-6-11(5-4-10(9)7-15)18-12-13(17)16-8-14(12,2)3/h4-6,12H,8H2,1-3H3,(H,16,17). The van der Waals surface area contributed by atoms with Gasteiger partial charge in [-0.05, 0) is 30.7 Å². The Morgan fingerprint density at radius 2 is 2.22 bits per heavy atom. The molecule has 0 aliphatic carbocycles. The van der Waals surface area contributed by atoms with Gasteiger partial charge in [-0.3, -0.25) is 4.79 Å². The van der Waals surface area contributed by atoms with Crippen molar-refractivity contribution in [3.05, 3.63) is 29.3 Å². The highest BCUT2D eigenvalue weighted by Gasteiger charge is 2.43. The van der Waals surface area contributed by atoms with Crippen LogP contribution >= 0.6 is 0 Å². The molecule has 1 aliphatic rings. The molecule has 4 nitrogen and oxygen atoms in total. The summed E-state index contributed by atoms with van der Waals surface area (Å²) in [6.07, 6.45) is -0.482. The first-order chi connectivity index (χ1) is 8.44. The molecule has 0 saturated carbocycles. The molecule has 4 heteroatoms. The average molecular weight is 244 g/mol. The molecule has 2 rings (SSSR count). The van der Waals surface area contributed by atoms with Crippen molar-refractivity contribution in [3.63, 3.8) is 0 Å². The van der Waals surface area contributed by atoms with Gasteiger partial charge in [-0.2, -0.15) is 5.26 Å².